The smallest absolute Gasteiger partial charge is 0.130 e. The van der Waals surface area contributed by atoms with Gasteiger partial charge in [-0.1, -0.05) is 13.8 Å². The second kappa shape index (κ2) is 6.15. The molecule has 0 amide bonds. The molecule has 0 fully saturated rings. The van der Waals surface area contributed by atoms with Gasteiger partial charge in [0, 0.05) is 18.0 Å². The van der Waals surface area contributed by atoms with Gasteiger partial charge in [-0.3, -0.25) is 0 Å². The van der Waals surface area contributed by atoms with Crippen LogP contribution in [0, 0.1) is 5.41 Å². The summed E-state index contributed by atoms with van der Waals surface area (Å²) in [7, 11) is 0. The molecule has 0 aliphatic carbocycles. The van der Waals surface area contributed by atoms with Crippen molar-refractivity contribution in [1.29, 1.82) is 0 Å². The summed E-state index contributed by atoms with van der Waals surface area (Å²) in [5.74, 6) is 0.779. The first-order chi connectivity index (χ1) is 7.65. The molecule has 16 heavy (non-hydrogen) atoms. The Labute approximate surface area is 105 Å². The summed E-state index contributed by atoms with van der Waals surface area (Å²) in [4.78, 5) is 8.07. The van der Waals surface area contributed by atoms with Crippen molar-refractivity contribution in [3.63, 3.8) is 0 Å². The lowest BCUT2D eigenvalue weighted by molar-refractivity contribution is 0.127. The predicted molar refractivity (Wildman–Crippen MR) is 68.3 cm³/mol. The fourth-order valence-corrected chi connectivity index (χ4v) is 1.80. The third kappa shape index (κ3) is 3.42. The van der Waals surface area contributed by atoms with Gasteiger partial charge in [-0.2, -0.15) is 0 Å². The predicted octanol–water partition coefficient (Wildman–Crippen LogP) is 2.45. The molecule has 1 heterocycles. The molecule has 0 aromatic carbocycles. The van der Waals surface area contributed by atoms with E-state index in [4.69, 9.17) is 0 Å². The number of hydrogen-bond donors (Lipinski definition) is 2. The topological polar surface area (TPSA) is 58.0 Å². The molecule has 0 atom stereocenters. The highest BCUT2D eigenvalue weighted by Crippen LogP contribution is 2.25. The molecule has 1 aromatic heterocycles. The molecule has 0 aliphatic rings. The lowest BCUT2D eigenvalue weighted by atomic mass is 9.83. The molecule has 0 aliphatic heterocycles. The molecule has 0 saturated carbocycles. The van der Waals surface area contributed by atoms with Crippen LogP contribution in [0.5, 0.6) is 0 Å². The van der Waals surface area contributed by atoms with Crippen molar-refractivity contribution in [1.82, 2.24) is 9.97 Å². The number of anilines is 1. The van der Waals surface area contributed by atoms with Crippen LogP contribution in [0.3, 0.4) is 0 Å². The van der Waals surface area contributed by atoms with Gasteiger partial charge in [-0.25, -0.2) is 9.97 Å². The number of rotatable bonds is 6. The van der Waals surface area contributed by atoms with Crippen LogP contribution in [-0.4, -0.2) is 28.2 Å². The van der Waals surface area contributed by atoms with E-state index in [0.29, 0.717) is 0 Å². The van der Waals surface area contributed by atoms with Crippen LogP contribution >= 0.6 is 15.9 Å². The Hall–Kier alpha value is -0.680. The average molecular weight is 288 g/mol. The molecule has 1 rings (SSSR count). The zero-order chi connectivity index (χ0) is 12.0. The minimum absolute atomic E-state index is 0.0581. The number of aliphatic hydroxyl groups is 1. The first-order valence-corrected chi connectivity index (χ1v) is 6.27. The number of aromatic nitrogens is 2. The van der Waals surface area contributed by atoms with E-state index in [1.807, 2.05) is 6.07 Å². The van der Waals surface area contributed by atoms with Crippen LogP contribution < -0.4 is 5.32 Å². The molecule has 5 heteroatoms. The molecule has 0 saturated heterocycles. The first-order valence-electron chi connectivity index (χ1n) is 5.48. The molecule has 1 aromatic rings. The molecule has 0 unspecified atom stereocenters. The van der Waals surface area contributed by atoms with Crippen LogP contribution in [0.2, 0.25) is 0 Å². The minimum Gasteiger partial charge on any atom is -0.396 e. The van der Waals surface area contributed by atoms with Crippen molar-refractivity contribution in [2.45, 2.75) is 26.7 Å². The van der Waals surface area contributed by atoms with Gasteiger partial charge in [0.15, 0.2) is 0 Å². The third-order valence-electron chi connectivity index (χ3n) is 3.11. The molecular weight excluding hydrogens is 270 g/mol. The van der Waals surface area contributed by atoms with Crippen molar-refractivity contribution < 1.29 is 5.11 Å². The highest BCUT2D eigenvalue weighted by molar-refractivity contribution is 9.10. The number of nitrogens with zero attached hydrogens (tertiary/aromatic N) is 2. The van der Waals surface area contributed by atoms with Gasteiger partial charge in [-0.05, 0) is 28.8 Å². The van der Waals surface area contributed by atoms with E-state index in [1.54, 1.807) is 0 Å². The summed E-state index contributed by atoms with van der Waals surface area (Å²) in [5.41, 5.74) is -0.0581. The van der Waals surface area contributed by atoms with E-state index in [9.17, 15) is 5.11 Å². The normalized spacial score (nSPS) is 11.5. The van der Waals surface area contributed by atoms with Crippen LogP contribution in [0.15, 0.2) is 17.0 Å². The van der Waals surface area contributed by atoms with Gasteiger partial charge in [0.05, 0.1) is 6.61 Å². The Morgan fingerprint density at radius 3 is 2.56 bits per heavy atom. The molecule has 0 spiro atoms. The van der Waals surface area contributed by atoms with Crippen LogP contribution in [0.25, 0.3) is 0 Å². The molecule has 90 valence electrons. The van der Waals surface area contributed by atoms with E-state index >= 15 is 0 Å². The largest absolute Gasteiger partial charge is 0.396 e. The summed E-state index contributed by atoms with van der Waals surface area (Å²) in [5, 5.41) is 12.7. The Bertz CT molecular complexity index is 320. The number of aliphatic hydroxyl groups excluding tert-OH is 1. The van der Waals surface area contributed by atoms with Crippen molar-refractivity contribution in [2.75, 3.05) is 18.5 Å². The van der Waals surface area contributed by atoms with Crippen molar-refractivity contribution in [3.8, 4) is 0 Å². The summed E-state index contributed by atoms with van der Waals surface area (Å²) < 4.78 is 0.757. The third-order valence-corrected chi connectivity index (χ3v) is 3.55. The summed E-state index contributed by atoms with van der Waals surface area (Å²) in [6.45, 7) is 5.10. The maximum Gasteiger partial charge on any atom is 0.130 e. The highest BCUT2D eigenvalue weighted by atomic mass is 79.9. The van der Waals surface area contributed by atoms with Gasteiger partial charge >= 0.3 is 0 Å². The summed E-state index contributed by atoms with van der Waals surface area (Å²) in [6.07, 6.45) is 3.39. The standard InChI is InChI=1S/C11H18BrN3O/c1-3-11(4-2,7-16)6-13-10-5-9(12)14-8-15-10/h5,8,16H,3-4,6-7H2,1-2H3,(H,13,14,15). The molecule has 4 nitrogen and oxygen atoms in total. The molecule has 2 N–H and O–H groups in total. The van der Waals surface area contributed by atoms with Crippen molar-refractivity contribution >= 4 is 21.7 Å². The lowest BCUT2D eigenvalue weighted by Crippen LogP contribution is -2.32. The van der Waals surface area contributed by atoms with E-state index in [-0.39, 0.29) is 12.0 Å². The van der Waals surface area contributed by atoms with Gasteiger partial charge in [0.2, 0.25) is 0 Å². The van der Waals surface area contributed by atoms with E-state index in [1.165, 1.54) is 6.33 Å². The molecular formula is C11H18BrN3O. The SMILES string of the molecule is CCC(CC)(CO)CNc1cc(Br)ncn1. The number of nitrogens with one attached hydrogen (secondary N) is 1. The van der Waals surface area contributed by atoms with Crippen LogP contribution in [-0.2, 0) is 0 Å². The number of halogens is 1. The Morgan fingerprint density at radius 1 is 1.38 bits per heavy atom. The maximum atomic E-state index is 9.43. The first kappa shape index (κ1) is 13.4. The van der Waals surface area contributed by atoms with Crippen LogP contribution in [0.1, 0.15) is 26.7 Å². The monoisotopic (exact) mass is 287 g/mol. The summed E-state index contributed by atoms with van der Waals surface area (Å²) in [6, 6.07) is 1.83. The number of hydrogen-bond acceptors (Lipinski definition) is 4. The minimum atomic E-state index is -0.0581. The lowest BCUT2D eigenvalue weighted by Gasteiger charge is -2.29. The van der Waals surface area contributed by atoms with Gasteiger partial charge in [0.25, 0.3) is 0 Å². The zero-order valence-corrected chi connectivity index (χ0v) is 11.3. The fraction of sp³-hybridized carbons (Fsp3) is 0.636. The Kier molecular flexibility index (Phi) is 5.15. The van der Waals surface area contributed by atoms with E-state index in [2.05, 4.69) is 45.1 Å². The molecule has 0 radical (unpaired) electrons. The van der Waals surface area contributed by atoms with Crippen molar-refractivity contribution in [2.24, 2.45) is 5.41 Å². The van der Waals surface area contributed by atoms with Crippen molar-refractivity contribution in [3.05, 3.63) is 17.0 Å². The fourth-order valence-electron chi connectivity index (χ4n) is 1.49. The molecule has 0 bridgehead atoms. The Balaban J connectivity index is 2.62. The maximum absolute atomic E-state index is 9.43. The second-order valence-electron chi connectivity index (χ2n) is 3.94. The second-order valence-corrected chi connectivity index (χ2v) is 4.76. The van der Waals surface area contributed by atoms with Gasteiger partial charge in [-0.15, -0.1) is 0 Å². The highest BCUT2D eigenvalue weighted by Gasteiger charge is 2.24. The average Bonchev–Trinajstić information content (AvgIpc) is 2.32. The zero-order valence-electron chi connectivity index (χ0n) is 9.70. The van der Waals surface area contributed by atoms with E-state index < -0.39 is 0 Å². The van der Waals surface area contributed by atoms with Crippen LogP contribution in [0.4, 0.5) is 5.82 Å². The van der Waals surface area contributed by atoms with Gasteiger partial charge < -0.3 is 10.4 Å². The Morgan fingerprint density at radius 2 is 2.06 bits per heavy atom. The van der Waals surface area contributed by atoms with Gasteiger partial charge in [0.1, 0.15) is 16.7 Å². The van der Waals surface area contributed by atoms with E-state index in [0.717, 1.165) is 29.8 Å². The summed E-state index contributed by atoms with van der Waals surface area (Å²) >= 11 is 3.29. The quantitative estimate of drug-likeness (QED) is 0.789.